The lowest BCUT2D eigenvalue weighted by Crippen LogP contribution is -1.98. The van der Waals surface area contributed by atoms with Crippen LogP contribution in [0.3, 0.4) is 0 Å². The van der Waals surface area contributed by atoms with Crippen molar-refractivity contribution in [2.24, 2.45) is 0 Å². The Morgan fingerprint density at radius 3 is 2.65 bits per heavy atom. The average molecular weight is 245 g/mol. The molecule has 1 aromatic carbocycles. The van der Waals surface area contributed by atoms with E-state index in [2.05, 4.69) is 15.1 Å². The summed E-state index contributed by atoms with van der Waals surface area (Å²) in [7, 11) is 0. The molecule has 2 aromatic heterocycles. The molecule has 3 aromatic rings. The highest BCUT2D eigenvalue weighted by Gasteiger charge is 2.09. The molecule has 0 aliphatic carbocycles. The van der Waals surface area contributed by atoms with Crippen molar-refractivity contribution >= 4 is 17.2 Å². The number of nitrogens with zero attached hydrogens (tertiary/aromatic N) is 4. The second-order valence-corrected chi connectivity index (χ2v) is 4.08. The predicted molar refractivity (Wildman–Crippen MR) is 66.0 cm³/mol. The van der Waals surface area contributed by atoms with Crippen molar-refractivity contribution in [2.45, 2.75) is 6.92 Å². The molecular weight excluding hydrogens is 236 g/mol. The van der Waals surface area contributed by atoms with Gasteiger partial charge in [0.15, 0.2) is 11.5 Å². The van der Waals surface area contributed by atoms with Crippen LogP contribution < -0.4 is 0 Å². The second kappa shape index (κ2) is 3.82. The Hall–Kier alpha value is -1.94. The van der Waals surface area contributed by atoms with Gasteiger partial charge in [-0.05, 0) is 6.92 Å². The number of fused-ring (bicyclic) bond motifs is 1. The van der Waals surface area contributed by atoms with Crippen molar-refractivity contribution in [3.8, 4) is 11.4 Å². The molecule has 0 atom stereocenters. The number of halogens is 1. The fourth-order valence-electron chi connectivity index (χ4n) is 1.74. The average Bonchev–Trinajstić information content (AvgIpc) is 2.69. The summed E-state index contributed by atoms with van der Waals surface area (Å²) in [6, 6.07) is 11.5. The molecule has 0 saturated heterocycles. The molecule has 0 saturated carbocycles. The van der Waals surface area contributed by atoms with Gasteiger partial charge in [-0.2, -0.15) is 4.52 Å². The monoisotopic (exact) mass is 244 g/mol. The lowest BCUT2D eigenvalue weighted by Gasteiger charge is -2.03. The third-order valence-corrected chi connectivity index (χ3v) is 2.63. The van der Waals surface area contributed by atoms with Crippen LogP contribution >= 0.6 is 11.6 Å². The van der Waals surface area contributed by atoms with Crippen molar-refractivity contribution in [1.82, 2.24) is 19.6 Å². The standard InChI is InChI=1S/C12H9ClN4/c1-8-14-11-7-10(13)15-12(17(11)16-8)9-5-3-2-4-6-9/h2-7H,1H3. The SMILES string of the molecule is Cc1nc2cc(Cl)nc(-c3ccccc3)n2n1. The third kappa shape index (κ3) is 1.76. The van der Waals surface area contributed by atoms with Gasteiger partial charge in [0.05, 0.1) is 0 Å². The number of hydrogen-bond donors (Lipinski definition) is 0. The summed E-state index contributed by atoms with van der Waals surface area (Å²) in [4.78, 5) is 8.60. The first kappa shape index (κ1) is 10.2. The molecule has 2 heterocycles. The van der Waals surface area contributed by atoms with E-state index in [1.165, 1.54) is 0 Å². The quantitative estimate of drug-likeness (QED) is 0.618. The Kier molecular flexibility index (Phi) is 2.30. The number of aromatic nitrogens is 4. The third-order valence-electron chi connectivity index (χ3n) is 2.43. The van der Waals surface area contributed by atoms with Crippen LogP contribution in [0.4, 0.5) is 0 Å². The fourth-order valence-corrected chi connectivity index (χ4v) is 1.92. The zero-order valence-electron chi connectivity index (χ0n) is 9.13. The maximum Gasteiger partial charge on any atom is 0.164 e. The molecule has 0 aliphatic heterocycles. The van der Waals surface area contributed by atoms with Crippen LogP contribution in [0.25, 0.3) is 17.0 Å². The van der Waals surface area contributed by atoms with E-state index in [0.29, 0.717) is 22.4 Å². The Labute approximate surface area is 103 Å². The van der Waals surface area contributed by atoms with Crippen molar-refractivity contribution in [1.29, 1.82) is 0 Å². The molecule has 5 heteroatoms. The lowest BCUT2D eigenvalue weighted by molar-refractivity contribution is 0.910. The van der Waals surface area contributed by atoms with Gasteiger partial charge in [-0.15, -0.1) is 5.10 Å². The summed E-state index contributed by atoms with van der Waals surface area (Å²) in [5.41, 5.74) is 1.67. The number of benzene rings is 1. The molecule has 0 spiro atoms. The van der Waals surface area contributed by atoms with Gasteiger partial charge < -0.3 is 0 Å². The Morgan fingerprint density at radius 1 is 1.12 bits per heavy atom. The maximum atomic E-state index is 5.99. The lowest BCUT2D eigenvalue weighted by atomic mass is 10.2. The van der Waals surface area contributed by atoms with Crippen molar-refractivity contribution in [2.75, 3.05) is 0 Å². The molecule has 0 bridgehead atoms. The van der Waals surface area contributed by atoms with E-state index >= 15 is 0 Å². The van der Waals surface area contributed by atoms with Gasteiger partial charge in [-0.25, -0.2) is 9.97 Å². The normalized spacial score (nSPS) is 10.9. The molecule has 0 amide bonds. The minimum atomic E-state index is 0.420. The number of aryl methyl sites for hydroxylation is 1. The molecule has 84 valence electrons. The van der Waals surface area contributed by atoms with Crippen molar-refractivity contribution in [3.05, 3.63) is 47.4 Å². The minimum Gasteiger partial charge on any atom is -0.216 e. The van der Waals surface area contributed by atoms with E-state index < -0.39 is 0 Å². The summed E-state index contributed by atoms with van der Waals surface area (Å²) < 4.78 is 1.70. The van der Waals surface area contributed by atoms with Crippen LogP contribution in [-0.2, 0) is 0 Å². The highest BCUT2D eigenvalue weighted by Crippen LogP contribution is 2.20. The van der Waals surface area contributed by atoms with Gasteiger partial charge in [-0.3, -0.25) is 0 Å². The van der Waals surface area contributed by atoms with E-state index in [-0.39, 0.29) is 0 Å². The first-order chi connectivity index (χ1) is 8.24. The Balaban J connectivity index is 2.35. The van der Waals surface area contributed by atoms with Gasteiger partial charge in [0.2, 0.25) is 0 Å². The summed E-state index contributed by atoms with van der Waals surface area (Å²) in [6.45, 7) is 1.84. The van der Waals surface area contributed by atoms with Gasteiger partial charge >= 0.3 is 0 Å². The summed E-state index contributed by atoms with van der Waals surface area (Å²) in [5.74, 6) is 1.40. The molecule has 0 radical (unpaired) electrons. The topological polar surface area (TPSA) is 43.1 Å². The van der Waals surface area contributed by atoms with E-state index in [0.717, 1.165) is 5.56 Å². The molecule has 0 unspecified atom stereocenters. The van der Waals surface area contributed by atoms with E-state index in [4.69, 9.17) is 11.6 Å². The van der Waals surface area contributed by atoms with Crippen LogP contribution in [0.5, 0.6) is 0 Å². The first-order valence-corrected chi connectivity index (χ1v) is 5.57. The largest absolute Gasteiger partial charge is 0.216 e. The molecule has 0 fully saturated rings. The number of hydrogen-bond acceptors (Lipinski definition) is 3. The van der Waals surface area contributed by atoms with Gasteiger partial charge in [0, 0.05) is 11.6 Å². The van der Waals surface area contributed by atoms with E-state index in [1.807, 2.05) is 37.3 Å². The molecule has 4 nitrogen and oxygen atoms in total. The maximum absolute atomic E-state index is 5.99. The van der Waals surface area contributed by atoms with Crippen LogP contribution in [0.1, 0.15) is 5.82 Å². The minimum absolute atomic E-state index is 0.420. The molecule has 0 aliphatic rings. The summed E-state index contributed by atoms with van der Waals surface area (Å²) in [6.07, 6.45) is 0. The van der Waals surface area contributed by atoms with Crippen LogP contribution in [0, 0.1) is 6.92 Å². The summed E-state index contributed by atoms with van der Waals surface area (Å²) >= 11 is 5.99. The van der Waals surface area contributed by atoms with Crippen LogP contribution in [0.2, 0.25) is 5.15 Å². The molecular formula is C12H9ClN4. The second-order valence-electron chi connectivity index (χ2n) is 3.70. The zero-order valence-corrected chi connectivity index (χ0v) is 9.89. The van der Waals surface area contributed by atoms with Gasteiger partial charge in [-0.1, -0.05) is 41.9 Å². The Morgan fingerprint density at radius 2 is 1.88 bits per heavy atom. The molecule has 17 heavy (non-hydrogen) atoms. The van der Waals surface area contributed by atoms with Gasteiger partial charge in [0.1, 0.15) is 11.0 Å². The molecule has 0 N–H and O–H groups in total. The smallest absolute Gasteiger partial charge is 0.164 e. The highest BCUT2D eigenvalue weighted by atomic mass is 35.5. The Bertz CT molecular complexity index is 676. The number of rotatable bonds is 1. The molecule has 3 rings (SSSR count). The first-order valence-electron chi connectivity index (χ1n) is 5.19. The predicted octanol–water partition coefficient (Wildman–Crippen LogP) is 2.75. The van der Waals surface area contributed by atoms with Gasteiger partial charge in [0.25, 0.3) is 0 Å². The van der Waals surface area contributed by atoms with Crippen LogP contribution in [0.15, 0.2) is 36.4 Å². The van der Waals surface area contributed by atoms with Crippen molar-refractivity contribution in [3.63, 3.8) is 0 Å². The van der Waals surface area contributed by atoms with Crippen LogP contribution in [-0.4, -0.2) is 19.6 Å². The van der Waals surface area contributed by atoms with E-state index in [1.54, 1.807) is 10.6 Å². The summed E-state index contributed by atoms with van der Waals surface area (Å²) in [5, 5.41) is 4.74. The fraction of sp³-hybridized carbons (Fsp3) is 0.0833. The van der Waals surface area contributed by atoms with Crippen molar-refractivity contribution < 1.29 is 0 Å². The highest BCUT2D eigenvalue weighted by molar-refractivity contribution is 6.29. The zero-order chi connectivity index (χ0) is 11.8. The van der Waals surface area contributed by atoms with E-state index in [9.17, 15) is 0 Å².